The van der Waals surface area contributed by atoms with Gasteiger partial charge in [0.05, 0.1) is 13.2 Å². The average Bonchev–Trinajstić information content (AvgIpc) is 2.84. The third kappa shape index (κ3) is 26.9. The highest BCUT2D eigenvalue weighted by Gasteiger charge is 2.02. The molecule has 0 heterocycles. The Balaban J connectivity index is 3.38. The predicted octanol–water partition coefficient (Wildman–Crippen LogP) is 9.25. The Kier molecular flexibility index (Phi) is 26.8. The smallest absolute Gasteiger partial charge is 0.331 e. The van der Waals surface area contributed by atoms with E-state index < -0.39 is 11.9 Å². The van der Waals surface area contributed by atoms with Crippen molar-refractivity contribution in [2.75, 3.05) is 13.2 Å². The molecule has 0 saturated carbocycles. The van der Waals surface area contributed by atoms with Crippen LogP contribution in [0, 0.1) is 0 Å². The highest BCUT2D eigenvalue weighted by molar-refractivity contribution is 5.91. The lowest BCUT2D eigenvalue weighted by Gasteiger charge is -2.04. The molecule has 0 aromatic heterocycles. The van der Waals surface area contributed by atoms with Crippen LogP contribution in [0.1, 0.15) is 155 Å². The highest BCUT2D eigenvalue weighted by atomic mass is 16.5. The topological polar surface area (TPSA) is 52.6 Å². The van der Waals surface area contributed by atoms with Crippen LogP contribution in [-0.4, -0.2) is 25.2 Å². The molecule has 0 aliphatic carbocycles. The molecular formula is C30H56O4. The second kappa shape index (κ2) is 27.9. The summed E-state index contributed by atoms with van der Waals surface area (Å²) in [4.78, 5) is 23.4. The van der Waals surface area contributed by atoms with Crippen molar-refractivity contribution in [1.82, 2.24) is 0 Å². The molecule has 200 valence electrons. The van der Waals surface area contributed by atoms with E-state index in [0.717, 1.165) is 25.7 Å². The summed E-state index contributed by atoms with van der Waals surface area (Å²) < 4.78 is 10.3. The Bertz CT molecular complexity index is 472. The van der Waals surface area contributed by atoms with Gasteiger partial charge in [-0.1, -0.05) is 142 Å². The van der Waals surface area contributed by atoms with Crippen molar-refractivity contribution in [3.8, 4) is 0 Å². The van der Waals surface area contributed by atoms with E-state index in [-0.39, 0.29) is 0 Å². The van der Waals surface area contributed by atoms with Gasteiger partial charge in [0.2, 0.25) is 0 Å². The molecule has 4 heteroatoms. The zero-order valence-electron chi connectivity index (χ0n) is 22.8. The van der Waals surface area contributed by atoms with Gasteiger partial charge in [0.25, 0.3) is 0 Å². The maximum atomic E-state index is 11.7. The van der Waals surface area contributed by atoms with Gasteiger partial charge in [-0.25, -0.2) is 9.59 Å². The van der Waals surface area contributed by atoms with E-state index >= 15 is 0 Å². The Morgan fingerprint density at radius 1 is 0.412 bits per heavy atom. The van der Waals surface area contributed by atoms with Gasteiger partial charge in [0, 0.05) is 12.2 Å². The van der Waals surface area contributed by atoms with Crippen molar-refractivity contribution in [3.05, 3.63) is 12.2 Å². The number of hydrogen-bond donors (Lipinski definition) is 0. The molecule has 34 heavy (non-hydrogen) atoms. The van der Waals surface area contributed by atoms with Crippen molar-refractivity contribution in [2.45, 2.75) is 155 Å². The fourth-order valence-corrected chi connectivity index (χ4v) is 4.11. The summed E-state index contributed by atoms with van der Waals surface area (Å²) in [5.41, 5.74) is 0. The SMILES string of the molecule is CCCCCCCCCCCCCCOC(=O)/C=C/C(=O)OCCCCCCCCCCCC. The first-order chi connectivity index (χ1) is 16.7. The summed E-state index contributed by atoms with van der Waals surface area (Å²) in [7, 11) is 0. The molecule has 0 fully saturated rings. The van der Waals surface area contributed by atoms with Crippen molar-refractivity contribution >= 4 is 11.9 Å². The van der Waals surface area contributed by atoms with E-state index in [0.29, 0.717) is 13.2 Å². The molecule has 0 spiro atoms. The zero-order valence-corrected chi connectivity index (χ0v) is 22.8. The molecule has 0 radical (unpaired) electrons. The van der Waals surface area contributed by atoms with Gasteiger partial charge in [0.15, 0.2) is 0 Å². The van der Waals surface area contributed by atoms with Crippen molar-refractivity contribution in [1.29, 1.82) is 0 Å². The van der Waals surface area contributed by atoms with Crippen LogP contribution < -0.4 is 0 Å². The van der Waals surface area contributed by atoms with Crippen LogP contribution in [0.25, 0.3) is 0 Å². The van der Waals surface area contributed by atoms with Gasteiger partial charge in [0.1, 0.15) is 0 Å². The van der Waals surface area contributed by atoms with Crippen LogP contribution in [-0.2, 0) is 19.1 Å². The second-order valence-corrected chi connectivity index (χ2v) is 9.74. The molecule has 0 atom stereocenters. The molecule has 0 aliphatic heterocycles. The molecule has 0 saturated heterocycles. The lowest BCUT2D eigenvalue weighted by molar-refractivity contribution is -0.140. The first kappa shape index (κ1) is 32.7. The van der Waals surface area contributed by atoms with Gasteiger partial charge in [-0.15, -0.1) is 0 Å². The first-order valence-corrected chi connectivity index (χ1v) is 14.7. The lowest BCUT2D eigenvalue weighted by Crippen LogP contribution is -2.06. The Morgan fingerprint density at radius 2 is 0.647 bits per heavy atom. The number of rotatable bonds is 26. The number of carbonyl (C=O) groups is 2. The summed E-state index contributed by atoms with van der Waals surface area (Å²) in [6.07, 6.45) is 30.2. The molecular weight excluding hydrogens is 424 g/mol. The van der Waals surface area contributed by atoms with Crippen LogP contribution >= 0.6 is 0 Å². The third-order valence-electron chi connectivity index (χ3n) is 6.34. The maximum absolute atomic E-state index is 11.7. The quantitative estimate of drug-likeness (QED) is 0.0703. The molecule has 4 nitrogen and oxygen atoms in total. The molecule has 0 aromatic rings. The highest BCUT2D eigenvalue weighted by Crippen LogP contribution is 2.12. The number of carbonyl (C=O) groups excluding carboxylic acids is 2. The third-order valence-corrected chi connectivity index (χ3v) is 6.34. The Labute approximate surface area is 211 Å². The standard InChI is InChI=1S/C30H56O4/c1-3-5-7-9-11-13-15-16-18-20-22-24-28-34-30(32)26-25-29(31)33-27-23-21-19-17-14-12-10-8-6-4-2/h25-26H,3-24,27-28H2,1-2H3/b26-25+. The predicted molar refractivity (Wildman–Crippen MR) is 144 cm³/mol. The number of esters is 2. The number of hydrogen-bond acceptors (Lipinski definition) is 4. The van der Waals surface area contributed by atoms with Crippen LogP contribution in [0.2, 0.25) is 0 Å². The van der Waals surface area contributed by atoms with Crippen molar-refractivity contribution < 1.29 is 19.1 Å². The average molecular weight is 481 g/mol. The van der Waals surface area contributed by atoms with Crippen LogP contribution in [0.15, 0.2) is 12.2 Å². The largest absolute Gasteiger partial charge is 0.463 e. The molecule has 0 aliphatic rings. The monoisotopic (exact) mass is 480 g/mol. The Hall–Kier alpha value is -1.32. The van der Waals surface area contributed by atoms with E-state index in [2.05, 4.69) is 13.8 Å². The van der Waals surface area contributed by atoms with Crippen molar-refractivity contribution in [2.24, 2.45) is 0 Å². The number of unbranched alkanes of at least 4 members (excludes halogenated alkanes) is 20. The molecule has 0 rings (SSSR count). The number of ether oxygens (including phenoxy) is 2. The van der Waals surface area contributed by atoms with Gasteiger partial charge < -0.3 is 9.47 Å². The summed E-state index contributed by atoms with van der Waals surface area (Å²) in [5.74, 6) is -0.919. The van der Waals surface area contributed by atoms with Gasteiger partial charge in [-0.2, -0.15) is 0 Å². The molecule has 0 unspecified atom stereocenters. The Morgan fingerprint density at radius 3 is 0.912 bits per heavy atom. The molecule has 0 N–H and O–H groups in total. The zero-order chi connectivity index (χ0) is 25.0. The van der Waals surface area contributed by atoms with Gasteiger partial charge in [-0.3, -0.25) is 0 Å². The lowest BCUT2D eigenvalue weighted by atomic mass is 10.1. The second-order valence-electron chi connectivity index (χ2n) is 9.74. The molecule has 0 amide bonds. The first-order valence-electron chi connectivity index (χ1n) is 14.7. The van der Waals surface area contributed by atoms with E-state index in [1.54, 1.807) is 0 Å². The summed E-state index contributed by atoms with van der Waals surface area (Å²) in [5, 5.41) is 0. The van der Waals surface area contributed by atoms with Crippen molar-refractivity contribution in [3.63, 3.8) is 0 Å². The van der Waals surface area contributed by atoms with Crippen LogP contribution in [0.4, 0.5) is 0 Å². The van der Waals surface area contributed by atoms with Crippen LogP contribution in [0.5, 0.6) is 0 Å². The summed E-state index contributed by atoms with van der Waals surface area (Å²) >= 11 is 0. The summed E-state index contributed by atoms with van der Waals surface area (Å²) in [6, 6.07) is 0. The fraction of sp³-hybridized carbons (Fsp3) is 0.867. The maximum Gasteiger partial charge on any atom is 0.331 e. The molecule has 0 bridgehead atoms. The van der Waals surface area contributed by atoms with Gasteiger partial charge >= 0.3 is 11.9 Å². The summed E-state index contributed by atoms with van der Waals surface area (Å²) in [6.45, 7) is 5.35. The minimum absolute atomic E-state index is 0.424. The minimum atomic E-state index is -0.460. The molecule has 0 aromatic carbocycles. The van der Waals surface area contributed by atoms with E-state index in [1.807, 2.05) is 0 Å². The van der Waals surface area contributed by atoms with E-state index in [4.69, 9.17) is 9.47 Å². The fourth-order valence-electron chi connectivity index (χ4n) is 4.11. The normalized spacial score (nSPS) is 11.2. The minimum Gasteiger partial charge on any atom is -0.463 e. The van der Waals surface area contributed by atoms with Gasteiger partial charge in [-0.05, 0) is 12.8 Å². The van der Waals surface area contributed by atoms with E-state index in [9.17, 15) is 9.59 Å². The van der Waals surface area contributed by atoms with E-state index in [1.165, 1.54) is 128 Å². The van der Waals surface area contributed by atoms with Crippen LogP contribution in [0.3, 0.4) is 0 Å².